The molecule has 0 aliphatic heterocycles. The molecule has 0 saturated heterocycles. The second-order valence-corrected chi connectivity index (χ2v) is 7.57. The zero-order valence-electron chi connectivity index (χ0n) is 15.7. The molecule has 0 radical (unpaired) electrons. The van der Waals surface area contributed by atoms with Crippen LogP contribution in [0.3, 0.4) is 0 Å². The number of nitrogens with zero attached hydrogens (tertiary/aromatic N) is 1. The number of ether oxygens (including phenoxy) is 2. The van der Waals surface area contributed by atoms with Crippen molar-refractivity contribution in [2.24, 2.45) is 0 Å². The topological polar surface area (TPSA) is 97.8 Å². The SMILES string of the molecule is COCC(C)(CC(=O)O)NC(=O)Cc1csc(COc2ccc(C)cc2)n1. The Morgan fingerprint density at radius 2 is 2.00 bits per heavy atom. The van der Waals surface area contributed by atoms with Crippen molar-refractivity contribution in [2.75, 3.05) is 13.7 Å². The number of hydrogen-bond acceptors (Lipinski definition) is 6. The van der Waals surface area contributed by atoms with E-state index in [0.717, 1.165) is 16.3 Å². The van der Waals surface area contributed by atoms with Crippen molar-refractivity contribution in [3.8, 4) is 5.75 Å². The van der Waals surface area contributed by atoms with Gasteiger partial charge in [0.15, 0.2) is 0 Å². The van der Waals surface area contributed by atoms with E-state index in [-0.39, 0.29) is 25.4 Å². The van der Waals surface area contributed by atoms with Gasteiger partial charge in [-0.1, -0.05) is 17.7 Å². The van der Waals surface area contributed by atoms with Crippen molar-refractivity contribution in [3.05, 3.63) is 45.9 Å². The Labute approximate surface area is 162 Å². The average molecular weight is 392 g/mol. The summed E-state index contributed by atoms with van der Waals surface area (Å²) in [7, 11) is 1.47. The van der Waals surface area contributed by atoms with Gasteiger partial charge in [0.2, 0.25) is 5.91 Å². The first kappa shape index (κ1) is 20.9. The van der Waals surface area contributed by atoms with Crippen molar-refractivity contribution in [3.63, 3.8) is 0 Å². The first-order valence-electron chi connectivity index (χ1n) is 8.44. The highest BCUT2D eigenvalue weighted by atomic mass is 32.1. The van der Waals surface area contributed by atoms with E-state index in [1.165, 1.54) is 18.4 Å². The van der Waals surface area contributed by atoms with Crippen LogP contribution in [0.1, 0.15) is 29.6 Å². The summed E-state index contributed by atoms with van der Waals surface area (Å²) < 4.78 is 10.7. The van der Waals surface area contributed by atoms with Crippen LogP contribution in [0, 0.1) is 6.92 Å². The molecule has 0 fully saturated rings. The van der Waals surface area contributed by atoms with Gasteiger partial charge >= 0.3 is 5.97 Å². The quantitative estimate of drug-likeness (QED) is 0.645. The Morgan fingerprint density at radius 1 is 1.30 bits per heavy atom. The van der Waals surface area contributed by atoms with Crippen LogP contribution in [-0.2, 0) is 27.4 Å². The van der Waals surface area contributed by atoms with E-state index >= 15 is 0 Å². The second-order valence-electron chi connectivity index (χ2n) is 6.62. The molecule has 7 nitrogen and oxygen atoms in total. The lowest BCUT2D eigenvalue weighted by molar-refractivity contribution is -0.139. The first-order valence-corrected chi connectivity index (χ1v) is 9.32. The summed E-state index contributed by atoms with van der Waals surface area (Å²) in [4.78, 5) is 27.7. The molecule has 2 aromatic rings. The van der Waals surface area contributed by atoms with E-state index in [0.29, 0.717) is 12.3 Å². The fourth-order valence-corrected chi connectivity index (χ4v) is 3.31. The summed E-state index contributed by atoms with van der Waals surface area (Å²) in [6.45, 7) is 4.09. The van der Waals surface area contributed by atoms with Gasteiger partial charge in [0, 0.05) is 12.5 Å². The molecule has 0 saturated carbocycles. The van der Waals surface area contributed by atoms with Crippen LogP contribution >= 0.6 is 11.3 Å². The Balaban J connectivity index is 1.89. The van der Waals surface area contributed by atoms with Gasteiger partial charge in [-0.15, -0.1) is 11.3 Å². The number of aliphatic carboxylic acids is 1. The lowest BCUT2D eigenvalue weighted by atomic mass is 9.98. The first-order chi connectivity index (χ1) is 12.8. The molecule has 0 bridgehead atoms. The van der Waals surface area contributed by atoms with Gasteiger partial charge in [0.1, 0.15) is 17.4 Å². The summed E-state index contributed by atoms with van der Waals surface area (Å²) in [5.74, 6) is -0.537. The number of rotatable bonds is 10. The molecule has 27 heavy (non-hydrogen) atoms. The Bertz CT molecular complexity index is 775. The lowest BCUT2D eigenvalue weighted by Crippen LogP contribution is -2.51. The highest BCUT2D eigenvalue weighted by Crippen LogP contribution is 2.17. The van der Waals surface area contributed by atoms with Gasteiger partial charge in [-0.3, -0.25) is 9.59 Å². The van der Waals surface area contributed by atoms with Crippen molar-refractivity contribution >= 4 is 23.2 Å². The van der Waals surface area contributed by atoms with Crippen LogP contribution < -0.4 is 10.1 Å². The summed E-state index contributed by atoms with van der Waals surface area (Å²) in [6.07, 6.45) is -0.154. The van der Waals surface area contributed by atoms with Crippen molar-refractivity contribution < 1.29 is 24.2 Å². The Hall–Kier alpha value is -2.45. The van der Waals surface area contributed by atoms with Gasteiger partial charge in [-0.05, 0) is 26.0 Å². The number of aryl methyl sites for hydroxylation is 1. The third-order valence-corrected chi connectivity index (χ3v) is 4.64. The molecule has 8 heteroatoms. The maximum absolute atomic E-state index is 12.3. The Morgan fingerprint density at radius 3 is 2.63 bits per heavy atom. The minimum absolute atomic E-state index is 0.0694. The maximum Gasteiger partial charge on any atom is 0.305 e. The molecule has 1 atom stereocenters. The third kappa shape index (κ3) is 6.99. The van der Waals surface area contributed by atoms with E-state index in [2.05, 4.69) is 10.3 Å². The summed E-state index contributed by atoms with van der Waals surface area (Å²) >= 11 is 1.42. The average Bonchev–Trinajstić information content (AvgIpc) is 3.00. The molecule has 1 unspecified atom stereocenters. The fourth-order valence-electron chi connectivity index (χ4n) is 2.60. The molecule has 1 heterocycles. The minimum atomic E-state index is -1.00. The van der Waals surface area contributed by atoms with E-state index < -0.39 is 11.5 Å². The number of thiazole rings is 1. The number of carbonyl (C=O) groups excluding carboxylic acids is 1. The smallest absolute Gasteiger partial charge is 0.305 e. The zero-order valence-corrected chi connectivity index (χ0v) is 16.5. The fraction of sp³-hybridized carbons (Fsp3) is 0.421. The number of carbonyl (C=O) groups is 2. The van der Waals surface area contributed by atoms with Crippen LogP contribution in [0.5, 0.6) is 5.75 Å². The van der Waals surface area contributed by atoms with Gasteiger partial charge in [0.25, 0.3) is 0 Å². The molecular formula is C19H24N2O5S. The number of methoxy groups -OCH3 is 1. The second kappa shape index (κ2) is 9.48. The zero-order chi connectivity index (χ0) is 19.9. The normalized spacial score (nSPS) is 13.0. The number of carboxylic acids is 1. The van der Waals surface area contributed by atoms with Gasteiger partial charge in [-0.2, -0.15) is 0 Å². The molecule has 0 aliphatic carbocycles. The van der Waals surface area contributed by atoms with Crippen molar-refractivity contribution in [1.29, 1.82) is 0 Å². The largest absolute Gasteiger partial charge is 0.486 e. The molecule has 2 rings (SSSR count). The van der Waals surface area contributed by atoms with E-state index in [1.807, 2.05) is 31.2 Å². The summed E-state index contributed by atoms with van der Waals surface area (Å²) in [6, 6.07) is 7.74. The predicted octanol–water partition coefficient (Wildman–Crippen LogP) is 2.57. The molecule has 1 aromatic heterocycles. The summed E-state index contributed by atoms with van der Waals surface area (Å²) in [5.41, 5.74) is 0.814. The number of amides is 1. The van der Waals surface area contributed by atoms with E-state index in [4.69, 9.17) is 14.6 Å². The van der Waals surface area contributed by atoms with Crippen molar-refractivity contribution in [1.82, 2.24) is 10.3 Å². The van der Waals surface area contributed by atoms with Crippen LogP contribution in [0.15, 0.2) is 29.6 Å². The van der Waals surface area contributed by atoms with Crippen molar-refractivity contribution in [2.45, 2.75) is 38.8 Å². The van der Waals surface area contributed by atoms with Gasteiger partial charge in [-0.25, -0.2) is 4.98 Å². The number of nitrogens with one attached hydrogen (secondary N) is 1. The highest BCUT2D eigenvalue weighted by molar-refractivity contribution is 7.09. The number of carboxylic acid groups (broad SMARTS) is 1. The van der Waals surface area contributed by atoms with Gasteiger partial charge < -0.3 is 19.9 Å². The highest BCUT2D eigenvalue weighted by Gasteiger charge is 2.29. The molecule has 146 valence electrons. The van der Waals surface area contributed by atoms with Crippen LogP contribution in [-0.4, -0.2) is 41.2 Å². The third-order valence-electron chi connectivity index (χ3n) is 3.77. The molecule has 0 spiro atoms. The molecular weight excluding hydrogens is 368 g/mol. The molecule has 1 amide bonds. The number of aromatic nitrogens is 1. The lowest BCUT2D eigenvalue weighted by Gasteiger charge is -2.28. The van der Waals surface area contributed by atoms with Gasteiger partial charge in [0.05, 0.1) is 30.7 Å². The monoisotopic (exact) mass is 392 g/mol. The van der Waals surface area contributed by atoms with Crippen LogP contribution in [0.25, 0.3) is 0 Å². The summed E-state index contributed by atoms with van der Waals surface area (Å²) in [5, 5.41) is 14.3. The van der Waals surface area contributed by atoms with E-state index in [1.54, 1.807) is 12.3 Å². The predicted molar refractivity (Wildman–Crippen MR) is 102 cm³/mol. The number of benzene rings is 1. The maximum atomic E-state index is 12.3. The van der Waals surface area contributed by atoms with Crippen LogP contribution in [0.2, 0.25) is 0 Å². The van der Waals surface area contributed by atoms with E-state index in [9.17, 15) is 9.59 Å². The van der Waals surface area contributed by atoms with Crippen LogP contribution in [0.4, 0.5) is 0 Å². The minimum Gasteiger partial charge on any atom is -0.486 e. The number of hydrogen-bond donors (Lipinski definition) is 2. The molecule has 0 aliphatic rings. The molecule has 2 N–H and O–H groups in total. The standard InChI is InChI=1S/C19H24N2O5S/c1-13-4-6-15(7-5-13)26-10-17-20-14(11-27-17)8-16(22)21-19(2,12-25-3)9-18(23)24/h4-7,11H,8-10,12H2,1-3H3,(H,21,22)(H,23,24). The Kier molecular flexibility index (Phi) is 7.32. The molecule has 1 aromatic carbocycles.